The molecule has 0 saturated heterocycles. The summed E-state index contributed by atoms with van der Waals surface area (Å²) < 4.78 is 12.6. The molecule has 2 heteroatoms. The molecule has 0 spiro atoms. The van der Waals surface area contributed by atoms with Crippen LogP contribution in [0, 0.1) is 30.0 Å². The Hall–Kier alpha value is -2.03. The molecule has 0 amide bonds. The second kappa shape index (κ2) is 4.66. The van der Waals surface area contributed by atoms with Gasteiger partial charge in [-0.1, -0.05) is 17.8 Å². The number of thiophene rings is 1. The molecule has 2 rings (SSSR count). The highest BCUT2D eigenvalue weighted by molar-refractivity contribution is 7.10. The maximum atomic E-state index is 12.6. The minimum absolute atomic E-state index is 0.259. The summed E-state index contributed by atoms with van der Waals surface area (Å²) in [4.78, 5) is 0.828. The Morgan fingerprint density at radius 2 is 1.81 bits per heavy atom. The lowest BCUT2D eigenvalue weighted by Crippen LogP contribution is -1.77. The van der Waals surface area contributed by atoms with Gasteiger partial charge in [-0.15, -0.1) is 17.8 Å². The number of halogens is 1. The summed E-state index contributed by atoms with van der Waals surface area (Å²) in [6, 6.07) is 7.95. The van der Waals surface area contributed by atoms with E-state index in [1.54, 1.807) is 12.1 Å². The highest BCUT2D eigenvalue weighted by Crippen LogP contribution is 2.14. The third-order valence-electron chi connectivity index (χ3n) is 1.98. The molecule has 0 aliphatic carbocycles. The van der Waals surface area contributed by atoms with Crippen LogP contribution in [0.4, 0.5) is 4.39 Å². The van der Waals surface area contributed by atoms with Crippen LogP contribution in [0.3, 0.4) is 0 Å². The molecule has 0 atom stereocenters. The average molecular weight is 226 g/mol. The summed E-state index contributed by atoms with van der Waals surface area (Å²) in [6.07, 6.45) is 5.33. The molecule has 0 N–H and O–H groups in total. The largest absolute Gasteiger partial charge is 0.207 e. The van der Waals surface area contributed by atoms with Crippen molar-refractivity contribution in [2.45, 2.75) is 0 Å². The van der Waals surface area contributed by atoms with Gasteiger partial charge in [-0.05, 0) is 35.7 Å². The maximum Gasteiger partial charge on any atom is 0.123 e. The zero-order valence-electron chi connectivity index (χ0n) is 8.33. The van der Waals surface area contributed by atoms with Crippen molar-refractivity contribution in [2.24, 2.45) is 0 Å². The predicted molar refractivity (Wildman–Crippen MR) is 64.6 cm³/mol. The Morgan fingerprint density at radius 1 is 1.06 bits per heavy atom. The summed E-state index contributed by atoms with van der Waals surface area (Å²) in [5.74, 6) is 8.24. The van der Waals surface area contributed by atoms with E-state index in [4.69, 9.17) is 6.42 Å². The third kappa shape index (κ3) is 2.31. The summed E-state index contributed by atoms with van der Waals surface area (Å²) in [6.45, 7) is 0. The number of terminal acetylenes is 1. The average Bonchev–Trinajstić information content (AvgIpc) is 2.76. The topological polar surface area (TPSA) is 0 Å². The smallest absolute Gasteiger partial charge is 0.123 e. The highest BCUT2D eigenvalue weighted by Gasteiger charge is 1.96. The van der Waals surface area contributed by atoms with Gasteiger partial charge in [0.15, 0.2) is 0 Å². The molecule has 0 aliphatic rings. The lowest BCUT2D eigenvalue weighted by molar-refractivity contribution is 0.627. The van der Waals surface area contributed by atoms with Gasteiger partial charge in [-0.2, -0.15) is 0 Å². The second-order valence-electron chi connectivity index (χ2n) is 3.06. The summed E-state index contributed by atoms with van der Waals surface area (Å²) >= 11 is 1.49. The normalized spacial score (nSPS) is 9.00. The Labute approximate surface area is 97.8 Å². The summed E-state index contributed by atoms with van der Waals surface area (Å²) in [5, 5.41) is 1.91. The summed E-state index contributed by atoms with van der Waals surface area (Å²) in [5.41, 5.74) is 1.62. The predicted octanol–water partition coefficient (Wildman–Crippen LogP) is 3.27. The van der Waals surface area contributed by atoms with E-state index in [0.717, 1.165) is 16.0 Å². The second-order valence-corrected chi connectivity index (χ2v) is 3.98. The Bertz CT molecular complexity index is 588. The molecular weight excluding hydrogens is 219 g/mol. The van der Waals surface area contributed by atoms with Crippen molar-refractivity contribution in [1.29, 1.82) is 0 Å². The minimum Gasteiger partial charge on any atom is -0.207 e. The van der Waals surface area contributed by atoms with Crippen LogP contribution < -0.4 is 0 Å². The molecule has 1 aromatic carbocycles. The van der Waals surface area contributed by atoms with E-state index >= 15 is 0 Å². The Morgan fingerprint density at radius 3 is 2.50 bits per heavy atom. The van der Waals surface area contributed by atoms with Crippen molar-refractivity contribution in [3.05, 3.63) is 57.5 Å². The first-order valence-electron chi connectivity index (χ1n) is 4.61. The van der Waals surface area contributed by atoms with Crippen molar-refractivity contribution in [3.8, 4) is 24.2 Å². The number of rotatable bonds is 0. The van der Waals surface area contributed by atoms with Crippen LogP contribution in [0.25, 0.3) is 0 Å². The zero-order chi connectivity index (χ0) is 11.4. The lowest BCUT2D eigenvalue weighted by Gasteiger charge is -1.89. The van der Waals surface area contributed by atoms with Crippen LogP contribution in [0.15, 0.2) is 35.7 Å². The SMILES string of the molecule is C#Cc1sccc1C#Cc1ccc(F)cc1. The first-order chi connectivity index (χ1) is 7.79. The van der Waals surface area contributed by atoms with E-state index in [1.807, 2.05) is 11.4 Å². The van der Waals surface area contributed by atoms with Gasteiger partial charge >= 0.3 is 0 Å². The van der Waals surface area contributed by atoms with Crippen LogP contribution in [-0.2, 0) is 0 Å². The van der Waals surface area contributed by atoms with Crippen molar-refractivity contribution < 1.29 is 4.39 Å². The van der Waals surface area contributed by atoms with E-state index in [1.165, 1.54) is 23.5 Å². The van der Waals surface area contributed by atoms with Crippen LogP contribution >= 0.6 is 11.3 Å². The van der Waals surface area contributed by atoms with Crippen LogP contribution in [0.1, 0.15) is 16.0 Å². The van der Waals surface area contributed by atoms with Gasteiger partial charge in [0.05, 0.1) is 10.4 Å². The molecule has 76 valence electrons. The monoisotopic (exact) mass is 226 g/mol. The maximum absolute atomic E-state index is 12.6. The molecule has 0 bridgehead atoms. The summed E-state index contributed by atoms with van der Waals surface area (Å²) in [7, 11) is 0. The molecule has 0 nitrogen and oxygen atoms in total. The molecule has 0 radical (unpaired) electrons. The van der Waals surface area contributed by atoms with E-state index in [9.17, 15) is 4.39 Å². The van der Waals surface area contributed by atoms with Gasteiger partial charge < -0.3 is 0 Å². The standard InChI is InChI=1S/C14H7FS/c1-2-14-12(9-10-16-14)6-3-11-4-7-13(15)8-5-11/h1,4-5,7-10H. The van der Waals surface area contributed by atoms with E-state index in [0.29, 0.717) is 0 Å². The van der Waals surface area contributed by atoms with Gasteiger partial charge in [-0.25, -0.2) is 4.39 Å². The van der Waals surface area contributed by atoms with Crippen LogP contribution in [0.2, 0.25) is 0 Å². The molecule has 0 unspecified atom stereocenters. The van der Waals surface area contributed by atoms with Gasteiger partial charge in [0.2, 0.25) is 0 Å². The van der Waals surface area contributed by atoms with Gasteiger partial charge in [0.25, 0.3) is 0 Å². The van der Waals surface area contributed by atoms with Crippen LogP contribution in [0.5, 0.6) is 0 Å². The molecule has 0 fully saturated rings. The number of hydrogen-bond donors (Lipinski definition) is 0. The fourth-order valence-electron chi connectivity index (χ4n) is 1.19. The first-order valence-corrected chi connectivity index (χ1v) is 5.49. The van der Waals surface area contributed by atoms with Crippen molar-refractivity contribution in [1.82, 2.24) is 0 Å². The molecule has 0 saturated carbocycles. The molecule has 0 aliphatic heterocycles. The third-order valence-corrected chi connectivity index (χ3v) is 2.83. The molecule has 1 aromatic heterocycles. The van der Waals surface area contributed by atoms with Gasteiger partial charge in [-0.3, -0.25) is 0 Å². The molecule has 16 heavy (non-hydrogen) atoms. The molecule has 2 aromatic rings. The fraction of sp³-hybridized carbons (Fsp3) is 0. The van der Waals surface area contributed by atoms with E-state index in [2.05, 4.69) is 17.8 Å². The number of benzene rings is 1. The number of hydrogen-bond acceptors (Lipinski definition) is 1. The van der Waals surface area contributed by atoms with Crippen molar-refractivity contribution >= 4 is 11.3 Å². The van der Waals surface area contributed by atoms with Crippen molar-refractivity contribution in [3.63, 3.8) is 0 Å². The minimum atomic E-state index is -0.259. The van der Waals surface area contributed by atoms with E-state index < -0.39 is 0 Å². The zero-order valence-corrected chi connectivity index (χ0v) is 9.14. The Balaban J connectivity index is 2.29. The molecule has 1 heterocycles. The Kier molecular flexibility index (Phi) is 3.05. The lowest BCUT2D eigenvalue weighted by atomic mass is 10.2. The molecular formula is C14H7FS. The fourth-order valence-corrected chi connectivity index (χ4v) is 1.85. The quantitative estimate of drug-likeness (QED) is 0.605. The van der Waals surface area contributed by atoms with Gasteiger partial charge in [0, 0.05) is 5.56 Å². The van der Waals surface area contributed by atoms with Gasteiger partial charge in [0.1, 0.15) is 5.82 Å². The van der Waals surface area contributed by atoms with E-state index in [-0.39, 0.29) is 5.82 Å². The highest BCUT2D eigenvalue weighted by atomic mass is 32.1. The van der Waals surface area contributed by atoms with Crippen molar-refractivity contribution in [2.75, 3.05) is 0 Å². The first kappa shape index (κ1) is 10.5. The van der Waals surface area contributed by atoms with Crippen LogP contribution in [-0.4, -0.2) is 0 Å².